The summed E-state index contributed by atoms with van der Waals surface area (Å²) in [6.07, 6.45) is 1.51. The molecule has 1 unspecified atom stereocenters. The van der Waals surface area contributed by atoms with Gasteiger partial charge >= 0.3 is 5.97 Å². The number of aliphatic carboxylic acids is 1. The molecule has 7 nitrogen and oxygen atoms in total. The number of nitrogens with zero attached hydrogens (tertiary/aromatic N) is 1. The van der Waals surface area contributed by atoms with E-state index in [1.54, 1.807) is 12.1 Å². The van der Waals surface area contributed by atoms with Crippen LogP contribution in [0.5, 0.6) is 11.5 Å². The van der Waals surface area contributed by atoms with Crippen LogP contribution in [0.3, 0.4) is 0 Å². The highest BCUT2D eigenvalue weighted by Gasteiger charge is 2.29. The van der Waals surface area contributed by atoms with Crippen LogP contribution in [0.1, 0.15) is 5.56 Å². The lowest BCUT2D eigenvalue weighted by atomic mass is 10.1. The molecular weight excluding hydrogens is 314 g/mol. The molecule has 1 atom stereocenters. The minimum atomic E-state index is -1.08. The summed E-state index contributed by atoms with van der Waals surface area (Å²) < 4.78 is 15.9. The smallest absolute Gasteiger partial charge is 0.334 e. The molecule has 1 N–H and O–H groups in total. The number of allylic oxidation sites excluding steroid dienone is 1. The van der Waals surface area contributed by atoms with Crippen molar-refractivity contribution in [2.45, 2.75) is 12.5 Å². The molecule has 7 heteroatoms. The van der Waals surface area contributed by atoms with E-state index in [0.29, 0.717) is 24.5 Å². The average molecular weight is 335 g/mol. The monoisotopic (exact) mass is 335 g/mol. The second-order valence-corrected chi connectivity index (χ2v) is 5.30. The first-order valence-electron chi connectivity index (χ1n) is 7.58. The maximum absolute atomic E-state index is 12.2. The maximum Gasteiger partial charge on any atom is 0.334 e. The van der Waals surface area contributed by atoms with E-state index in [-0.39, 0.29) is 25.7 Å². The number of carbonyl (C=O) groups excluding carboxylic acids is 1. The Morgan fingerprint density at radius 1 is 1.46 bits per heavy atom. The van der Waals surface area contributed by atoms with Gasteiger partial charge in [-0.05, 0) is 24.1 Å². The van der Waals surface area contributed by atoms with E-state index in [1.165, 1.54) is 12.0 Å². The highest BCUT2D eigenvalue weighted by molar-refractivity contribution is 5.80. The van der Waals surface area contributed by atoms with Crippen molar-refractivity contribution in [1.29, 1.82) is 0 Å². The van der Waals surface area contributed by atoms with Gasteiger partial charge in [-0.15, -0.1) is 6.58 Å². The number of ether oxygens (including phenoxy) is 3. The van der Waals surface area contributed by atoms with Gasteiger partial charge in [-0.3, -0.25) is 4.79 Å². The van der Waals surface area contributed by atoms with Crippen LogP contribution in [0.25, 0.3) is 0 Å². The maximum atomic E-state index is 12.2. The summed E-state index contributed by atoms with van der Waals surface area (Å²) in [5, 5.41) is 8.97. The molecule has 0 aromatic heterocycles. The molecule has 0 radical (unpaired) electrons. The van der Waals surface area contributed by atoms with E-state index in [1.807, 2.05) is 12.1 Å². The van der Waals surface area contributed by atoms with Crippen molar-refractivity contribution < 1.29 is 28.9 Å². The molecule has 2 rings (SSSR count). The van der Waals surface area contributed by atoms with Gasteiger partial charge in [-0.25, -0.2) is 4.79 Å². The molecule has 130 valence electrons. The van der Waals surface area contributed by atoms with Crippen molar-refractivity contribution in [2.24, 2.45) is 0 Å². The van der Waals surface area contributed by atoms with E-state index in [9.17, 15) is 9.59 Å². The molecule has 1 fully saturated rings. The zero-order chi connectivity index (χ0) is 17.5. The van der Waals surface area contributed by atoms with Crippen molar-refractivity contribution in [1.82, 2.24) is 4.90 Å². The number of carbonyl (C=O) groups is 2. The number of hydrogen-bond donors (Lipinski definition) is 1. The van der Waals surface area contributed by atoms with E-state index < -0.39 is 12.1 Å². The Bertz CT molecular complexity index is 615. The fourth-order valence-electron chi connectivity index (χ4n) is 2.38. The molecule has 24 heavy (non-hydrogen) atoms. The average Bonchev–Trinajstić information content (AvgIpc) is 2.60. The van der Waals surface area contributed by atoms with E-state index in [0.717, 1.165) is 5.56 Å². The number of carboxylic acid groups (broad SMARTS) is 1. The minimum absolute atomic E-state index is 0.0208. The molecule has 1 heterocycles. The zero-order valence-corrected chi connectivity index (χ0v) is 13.6. The second kappa shape index (κ2) is 8.35. The van der Waals surface area contributed by atoms with Gasteiger partial charge in [0.05, 0.1) is 20.3 Å². The Labute approximate surface area is 140 Å². The summed E-state index contributed by atoms with van der Waals surface area (Å²) in [5.41, 5.74) is 1.03. The number of carboxylic acids is 1. The largest absolute Gasteiger partial charge is 0.493 e. The zero-order valence-electron chi connectivity index (χ0n) is 13.6. The fourth-order valence-corrected chi connectivity index (χ4v) is 2.38. The van der Waals surface area contributed by atoms with Gasteiger partial charge in [-0.2, -0.15) is 0 Å². The molecule has 0 aliphatic carbocycles. The number of morpholine rings is 1. The van der Waals surface area contributed by atoms with Crippen molar-refractivity contribution in [3.05, 3.63) is 36.4 Å². The van der Waals surface area contributed by atoms with Crippen molar-refractivity contribution in [2.75, 3.05) is 33.4 Å². The van der Waals surface area contributed by atoms with Gasteiger partial charge in [0.15, 0.2) is 24.2 Å². The first-order valence-corrected chi connectivity index (χ1v) is 7.58. The highest BCUT2D eigenvalue weighted by atomic mass is 16.5. The molecule has 1 aromatic rings. The summed E-state index contributed by atoms with van der Waals surface area (Å²) in [5.74, 6) is -0.371. The number of hydrogen-bond acceptors (Lipinski definition) is 5. The minimum Gasteiger partial charge on any atom is -0.493 e. The fraction of sp³-hybridized carbons (Fsp3) is 0.412. The van der Waals surface area contributed by atoms with E-state index >= 15 is 0 Å². The molecule has 1 aliphatic rings. The van der Waals surface area contributed by atoms with Crippen LogP contribution in [0.4, 0.5) is 0 Å². The molecule has 1 aliphatic heterocycles. The molecule has 0 saturated carbocycles. The predicted molar refractivity (Wildman–Crippen MR) is 86.3 cm³/mol. The van der Waals surface area contributed by atoms with E-state index in [4.69, 9.17) is 19.3 Å². The quantitative estimate of drug-likeness (QED) is 0.752. The summed E-state index contributed by atoms with van der Waals surface area (Å²) in [6, 6.07) is 5.44. The van der Waals surface area contributed by atoms with Gasteiger partial charge in [-0.1, -0.05) is 12.1 Å². The summed E-state index contributed by atoms with van der Waals surface area (Å²) >= 11 is 0. The third kappa shape index (κ3) is 4.48. The normalized spacial score (nSPS) is 17.2. The Morgan fingerprint density at radius 2 is 2.25 bits per heavy atom. The summed E-state index contributed by atoms with van der Waals surface area (Å²) in [4.78, 5) is 24.6. The van der Waals surface area contributed by atoms with Crippen LogP contribution in [-0.4, -0.2) is 61.4 Å². The molecule has 1 amide bonds. The molecule has 1 aromatic carbocycles. The molecule has 1 saturated heterocycles. The lowest BCUT2D eigenvalue weighted by Crippen LogP contribution is -2.49. The Balaban J connectivity index is 1.96. The number of methoxy groups -OCH3 is 1. The van der Waals surface area contributed by atoms with Gasteiger partial charge in [0.25, 0.3) is 5.91 Å². The van der Waals surface area contributed by atoms with E-state index in [2.05, 4.69) is 6.58 Å². The van der Waals surface area contributed by atoms with Crippen LogP contribution < -0.4 is 9.47 Å². The summed E-state index contributed by atoms with van der Waals surface area (Å²) in [6.45, 7) is 4.06. The van der Waals surface area contributed by atoms with Crippen LogP contribution in [0, 0.1) is 0 Å². The standard InChI is InChI=1S/C17H21NO6/c1-3-4-12-5-6-13(14(9-12)22-2)24-11-16(19)18-7-8-23-15(10-18)17(20)21/h3,5-6,9,15H,1,4,7-8,10-11H2,2H3,(H,20,21). The number of amides is 1. The van der Waals surface area contributed by atoms with Crippen LogP contribution in [-0.2, 0) is 20.7 Å². The van der Waals surface area contributed by atoms with Crippen LogP contribution in [0.15, 0.2) is 30.9 Å². The Kier molecular flexibility index (Phi) is 6.20. The molecular formula is C17H21NO6. The number of benzene rings is 1. The molecule has 0 bridgehead atoms. The van der Waals surface area contributed by atoms with Gasteiger partial charge < -0.3 is 24.2 Å². The predicted octanol–water partition coefficient (Wildman–Crippen LogP) is 1.11. The van der Waals surface area contributed by atoms with Crippen molar-refractivity contribution >= 4 is 11.9 Å². The van der Waals surface area contributed by atoms with Gasteiger partial charge in [0.2, 0.25) is 0 Å². The second-order valence-electron chi connectivity index (χ2n) is 5.30. The Hall–Kier alpha value is -2.54. The topological polar surface area (TPSA) is 85.3 Å². The van der Waals surface area contributed by atoms with Gasteiger partial charge in [0, 0.05) is 6.54 Å². The Morgan fingerprint density at radius 3 is 2.92 bits per heavy atom. The van der Waals surface area contributed by atoms with Crippen molar-refractivity contribution in [3.8, 4) is 11.5 Å². The first kappa shape index (κ1) is 17.8. The van der Waals surface area contributed by atoms with Gasteiger partial charge in [0.1, 0.15) is 0 Å². The lowest BCUT2D eigenvalue weighted by molar-refractivity contribution is -0.159. The lowest BCUT2D eigenvalue weighted by Gasteiger charge is -2.30. The third-order valence-corrected chi connectivity index (χ3v) is 3.65. The van der Waals surface area contributed by atoms with Crippen molar-refractivity contribution in [3.63, 3.8) is 0 Å². The number of rotatable bonds is 7. The SMILES string of the molecule is C=CCc1ccc(OCC(=O)N2CCOC(C(=O)O)C2)c(OC)c1. The summed E-state index contributed by atoms with van der Waals surface area (Å²) in [7, 11) is 1.53. The van der Waals surface area contributed by atoms with Crippen LogP contribution >= 0.6 is 0 Å². The molecule has 0 spiro atoms. The third-order valence-electron chi connectivity index (χ3n) is 3.65. The first-order chi connectivity index (χ1) is 11.5. The highest BCUT2D eigenvalue weighted by Crippen LogP contribution is 2.28. The van der Waals surface area contributed by atoms with Crippen LogP contribution in [0.2, 0.25) is 0 Å².